The van der Waals surface area contributed by atoms with Crippen molar-refractivity contribution in [2.45, 2.75) is 45.1 Å². The van der Waals surface area contributed by atoms with Crippen LogP contribution in [0.5, 0.6) is 0 Å². The van der Waals surface area contributed by atoms with E-state index in [-0.39, 0.29) is 22.7 Å². The SMILES string of the molecule is CC(=O)N1c2ccc(N)cc2C(C)(c2ccc(F)cc2)CC1(C)C. The van der Waals surface area contributed by atoms with Gasteiger partial charge in [0.1, 0.15) is 5.82 Å². The van der Waals surface area contributed by atoms with Crippen molar-refractivity contribution >= 4 is 17.3 Å². The quantitative estimate of drug-likeness (QED) is 0.796. The second-order valence-electron chi connectivity index (χ2n) is 7.46. The number of anilines is 2. The summed E-state index contributed by atoms with van der Waals surface area (Å²) in [5.74, 6) is -0.247. The highest BCUT2D eigenvalue weighted by Gasteiger charge is 2.47. The molecule has 0 aliphatic carbocycles. The van der Waals surface area contributed by atoms with E-state index in [1.165, 1.54) is 12.1 Å². The van der Waals surface area contributed by atoms with Crippen molar-refractivity contribution < 1.29 is 9.18 Å². The molecule has 0 saturated carbocycles. The Balaban J connectivity index is 2.28. The minimum atomic E-state index is -0.363. The van der Waals surface area contributed by atoms with E-state index < -0.39 is 0 Å². The zero-order chi connectivity index (χ0) is 17.7. The molecule has 24 heavy (non-hydrogen) atoms. The predicted molar refractivity (Wildman–Crippen MR) is 95.6 cm³/mol. The van der Waals surface area contributed by atoms with Gasteiger partial charge in [-0.2, -0.15) is 0 Å². The third-order valence-corrected chi connectivity index (χ3v) is 5.04. The van der Waals surface area contributed by atoms with Gasteiger partial charge in [0.2, 0.25) is 5.91 Å². The summed E-state index contributed by atoms with van der Waals surface area (Å²) in [6.45, 7) is 7.85. The summed E-state index contributed by atoms with van der Waals surface area (Å²) in [4.78, 5) is 14.1. The highest BCUT2D eigenvalue weighted by molar-refractivity contribution is 5.95. The Labute approximate surface area is 142 Å². The van der Waals surface area contributed by atoms with Crippen molar-refractivity contribution in [1.82, 2.24) is 0 Å². The predicted octanol–water partition coefficient (Wildman–Crippen LogP) is 4.25. The largest absolute Gasteiger partial charge is 0.399 e. The number of nitrogen functional groups attached to an aromatic ring is 1. The third-order valence-electron chi connectivity index (χ3n) is 5.04. The van der Waals surface area contributed by atoms with Gasteiger partial charge >= 0.3 is 0 Å². The number of fused-ring (bicyclic) bond motifs is 1. The molecule has 3 nitrogen and oxygen atoms in total. The Morgan fingerprint density at radius 1 is 1.12 bits per heavy atom. The molecule has 2 aromatic rings. The average molecular weight is 326 g/mol. The van der Waals surface area contributed by atoms with Gasteiger partial charge in [-0.05, 0) is 61.7 Å². The maximum Gasteiger partial charge on any atom is 0.224 e. The van der Waals surface area contributed by atoms with Crippen LogP contribution in [0.3, 0.4) is 0 Å². The van der Waals surface area contributed by atoms with E-state index in [9.17, 15) is 9.18 Å². The lowest BCUT2D eigenvalue weighted by molar-refractivity contribution is -0.117. The zero-order valence-corrected chi connectivity index (χ0v) is 14.6. The van der Waals surface area contributed by atoms with Crippen LogP contribution < -0.4 is 10.6 Å². The Kier molecular flexibility index (Phi) is 3.67. The molecule has 0 bridgehead atoms. The average Bonchev–Trinajstić information content (AvgIpc) is 2.47. The molecule has 1 unspecified atom stereocenters. The molecule has 0 aromatic heterocycles. The Hall–Kier alpha value is -2.36. The molecule has 0 fully saturated rings. The maximum absolute atomic E-state index is 13.4. The Morgan fingerprint density at radius 3 is 2.33 bits per heavy atom. The molecule has 0 spiro atoms. The number of halogens is 1. The van der Waals surface area contributed by atoms with Gasteiger partial charge in [0, 0.05) is 29.3 Å². The van der Waals surface area contributed by atoms with E-state index >= 15 is 0 Å². The summed E-state index contributed by atoms with van der Waals surface area (Å²) >= 11 is 0. The van der Waals surface area contributed by atoms with Gasteiger partial charge in [-0.3, -0.25) is 4.79 Å². The van der Waals surface area contributed by atoms with E-state index in [2.05, 4.69) is 20.8 Å². The topological polar surface area (TPSA) is 46.3 Å². The summed E-state index contributed by atoms with van der Waals surface area (Å²) in [6, 6.07) is 12.3. The number of hydrogen-bond donors (Lipinski definition) is 1. The van der Waals surface area contributed by atoms with Crippen molar-refractivity contribution in [2.75, 3.05) is 10.6 Å². The van der Waals surface area contributed by atoms with Gasteiger partial charge < -0.3 is 10.6 Å². The van der Waals surface area contributed by atoms with Crippen molar-refractivity contribution in [3.05, 3.63) is 59.4 Å². The van der Waals surface area contributed by atoms with E-state index in [0.717, 1.165) is 23.2 Å². The van der Waals surface area contributed by atoms with Gasteiger partial charge in [-0.15, -0.1) is 0 Å². The van der Waals surface area contributed by atoms with Crippen molar-refractivity contribution in [3.8, 4) is 0 Å². The van der Waals surface area contributed by atoms with Crippen molar-refractivity contribution in [1.29, 1.82) is 0 Å². The normalized spacial score (nSPS) is 22.1. The molecule has 1 heterocycles. The molecule has 0 saturated heterocycles. The molecule has 126 valence electrons. The summed E-state index contributed by atoms with van der Waals surface area (Å²) in [5, 5.41) is 0. The van der Waals surface area contributed by atoms with Crippen LogP contribution in [-0.4, -0.2) is 11.4 Å². The highest BCUT2D eigenvalue weighted by Crippen LogP contribution is 2.50. The smallest absolute Gasteiger partial charge is 0.224 e. The minimum absolute atomic E-state index is 0.00665. The van der Waals surface area contributed by atoms with Gasteiger partial charge in [0.25, 0.3) is 0 Å². The standard InChI is InChI=1S/C20H23FN2O/c1-13(24)23-18-10-9-16(22)11-17(18)20(4,12-19(23,2)3)14-5-7-15(21)8-6-14/h5-11H,12,22H2,1-4H3. The summed E-state index contributed by atoms with van der Waals surface area (Å²) in [7, 11) is 0. The molecule has 3 rings (SSSR count). The Bertz CT molecular complexity index is 798. The monoisotopic (exact) mass is 326 g/mol. The molecular formula is C20H23FN2O. The fraction of sp³-hybridized carbons (Fsp3) is 0.350. The lowest BCUT2D eigenvalue weighted by Gasteiger charge is -2.51. The first kappa shape index (κ1) is 16.5. The van der Waals surface area contributed by atoms with Gasteiger partial charge in [-0.25, -0.2) is 4.39 Å². The van der Waals surface area contributed by atoms with Crippen LogP contribution in [0.25, 0.3) is 0 Å². The second-order valence-corrected chi connectivity index (χ2v) is 7.46. The van der Waals surface area contributed by atoms with E-state index in [1.807, 2.05) is 35.2 Å². The van der Waals surface area contributed by atoms with E-state index in [1.54, 1.807) is 6.92 Å². The maximum atomic E-state index is 13.4. The Morgan fingerprint density at radius 2 is 1.75 bits per heavy atom. The van der Waals surface area contributed by atoms with Crippen LogP contribution in [0, 0.1) is 5.82 Å². The third kappa shape index (κ3) is 2.46. The van der Waals surface area contributed by atoms with Crippen LogP contribution in [0.2, 0.25) is 0 Å². The van der Waals surface area contributed by atoms with Crippen LogP contribution in [0.4, 0.5) is 15.8 Å². The van der Waals surface area contributed by atoms with Crippen LogP contribution >= 0.6 is 0 Å². The molecule has 1 aliphatic heterocycles. The van der Waals surface area contributed by atoms with Crippen molar-refractivity contribution in [2.24, 2.45) is 0 Å². The summed E-state index contributed by atoms with van der Waals surface area (Å²) < 4.78 is 13.4. The molecule has 2 aromatic carbocycles. The number of amides is 1. The fourth-order valence-electron chi connectivity index (χ4n) is 4.23. The first-order valence-electron chi connectivity index (χ1n) is 8.12. The van der Waals surface area contributed by atoms with Gasteiger partial charge in [0.15, 0.2) is 0 Å². The van der Waals surface area contributed by atoms with E-state index in [4.69, 9.17) is 5.73 Å². The number of carbonyl (C=O) groups is 1. The molecule has 0 radical (unpaired) electrons. The number of rotatable bonds is 1. The number of benzene rings is 2. The number of nitrogens with two attached hydrogens (primary N) is 1. The van der Waals surface area contributed by atoms with Gasteiger partial charge in [-0.1, -0.05) is 19.1 Å². The van der Waals surface area contributed by atoms with Crippen molar-refractivity contribution in [3.63, 3.8) is 0 Å². The fourth-order valence-corrected chi connectivity index (χ4v) is 4.23. The highest BCUT2D eigenvalue weighted by atomic mass is 19.1. The summed E-state index contributed by atoms with van der Waals surface area (Å²) in [6.07, 6.45) is 0.724. The molecular weight excluding hydrogens is 303 g/mol. The first-order valence-corrected chi connectivity index (χ1v) is 8.12. The first-order chi connectivity index (χ1) is 11.1. The molecule has 4 heteroatoms. The molecule has 1 atom stereocenters. The minimum Gasteiger partial charge on any atom is -0.399 e. The van der Waals surface area contributed by atoms with Crippen LogP contribution in [-0.2, 0) is 10.2 Å². The molecule has 1 amide bonds. The second kappa shape index (κ2) is 5.33. The number of hydrogen-bond acceptors (Lipinski definition) is 2. The molecule has 2 N–H and O–H groups in total. The molecule has 1 aliphatic rings. The van der Waals surface area contributed by atoms with Crippen LogP contribution in [0.15, 0.2) is 42.5 Å². The number of carbonyl (C=O) groups excluding carboxylic acids is 1. The lowest BCUT2D eigenvalue weighted by Crippen LogP contribution is -2.55. The van der Waals surface area contributed by atoms with Crippen LogP contribution in [0.1, 0.15) is 45.2 Å². The lowest BCUT2D eigenvalue weighted by atomic mass is 9.65. The number of nitrogens with zero attached hydrogens (tertiary/aromatic N) is 1. The van der Waals surface area contributed by atoms with Gasteiger partial charge in [0.05, 0.1) is 0 Å². The zero-order valence-electron chi connectivity index (χ0n) is 14.6. The summed E-state index contributed by atoms with van der Waals surface area (Å²) in [5.41, 5.74) is 8.87. The van der Waals surface area contributed by atoms with E-state index in [0.29, 0.717) is 5.69 Å².